The zero-order valence-electron chi connectivity index (χ0n) is 18.5. The van der Waals surface area contributed by atoms with Crippen molar-refractivity contribution in [1.29, 1.82) is 0 Å². The highest BCUT2D eigenvalue weighted by molar-refractivity contribution is 7.20. The number of nitrogens with zero attached hydrogens (tertiary/aromatic N) is 4. The third kappa shape index (κ3) is 4.38. The van der Waals surface area contributed by atoms with E-state index >= 15 is 0 Å². The second-order valence-corrected chi connectivity index (χ2v) is 10.2. The first-order chi connectivity index (χ1) is 16.5. The molecule has 2 aliphatic heterocycles. The quantitative estimate of drug-likeness (QED) is 0.572. The smallest absolute Gasteiger partial charge is 0.364 e. The topological polar surface area (TPSA) is 102 Å². The minimum Gasteiger partial charge on any atom is -0.364 e. The molecule has 0 radical (unpaired) electrons. The molecule has 0 atom stereocenters. The number of nitrogens with two attached hydrogens (primary N) is 1. The van der Waals surface area contributed by atoms with Crippen LogP contribution in [0.15, 0.2) is 36.5 Å². The molecular formula is C23H22F3N5O3S. The van der Waals surface area contributed by atoms with E-state index in [-0.39, 0.29) is 23.0 Å². The van der Waals surface area contributed by atoms with Gasteiger partial charge in [0.25, 0.3) is 11.8 Å². The van der Waals surface area contributed by atoms with Gasteiger partial charge in [-0.2, -0.15) is 23.0 Å². The van der Waals surface area contributed by atoms with Crippen LogP contribution in [0.2, 0.25) is 0 Å². The summed E-state index contributed by atoms with van der Waals surface area (Å²) in [6.45, 7) is 2.10. The average molecular weight is 506 g/mol. The second kappa shape index (κ2) is 8.36. The lowest BCUT2D eigenvalue weighted by atomic mass is 9.78. The van der Waals surface area contributed by atoms with Crippen molar-refractivity contribution in [1.82, 2.24) is 19.6 Å². The van der Waals surface area contributed by atoms with Crippen molar-refractivity contribution in [2.45, 2.75) is 25.4 Å². The van der Waals surface area contributed by atoms with E-state index in [9.17, 15) is 27.6 Å². The summed E-state index contributed by atoms with van der Waals surface area (Å²) >= 11 is 1.08. The predicted octanol–water partition coefficient (Wildman–Crippen LogP) is 3.81. The molecule has 184 valence electrons. The third-order valence-electron chi connectivity index (χ3n) is 6.92. The Balaban J connectivity index is 1.23. The summed E-state index contributed by atoms with van der Waals surface area (Å²) < 4.78 is 40.6. The number of amides is 3. The monoisotopic (exact) mass is 505 g/mol. The largest absolute Gasteiger partial charge is 0.416 e. The fourth-order valence-corrected chi connectivity index (χ4v) is 5.93. The van der Waals surface area contributed by atoms with E-state index in [0.717, 1.165) is 34.6 Å². The highest BCUT2D eigenvalue weighted by Gasteiger charge is 2.43. The summed E-state index contributed by atoms with van der Waals surface area (Å²) in [4.78, 5) is 40.9. The van der Waals surface area contributed by atoms with Crippen LogP contribution in [0.3, 0.4) is 0 Å². The maximum atomic E-state index is 13.1. The number of thiophene rings is 1. The van der Waals surface area contributed by atoms with Gasteiger partial charge in [-0.25, -0.2) is 4.79 Å². The Bertz CT molecular complexity index is 1320. The average Bonchev–Trinajstić information content (AvgIpc) is 3.56. The van der Waals surface area contributed by atoms with E-state index < -0.39 is 17.6 Å². The number of carbonyl (C=O) groups excluding carboxylic acids is 3. The number of fused-ring (bicyclic) bond motifs is 1. The first-order valence-electron chi connectivity index (χ1n) is 11.1. The zero-order chi connectivity index (χ0) is 25.0. The van der Waals surface area contributed by atoms with E-state index in [1.165, 1.54) is 18.3 Å². The number of piperidine rings is 1. The van der Waals surface area contributed by atoms with E-state index in [4.69, 9.17) is 5.73 Å². The molecule has 3 amide bonds. The summed E-state index contributed by atoms with van der Waals surface area (Å²) in [5.41, 5.74) is 4.38. The standard InChI is InChI=1S/C23H22F3N5O3S/c24-23(25,26)15-2-1-14-11-18(35-17(14)12-15)20(33)30-10-6-22(13-30)4-8-29(9-5-22)21(34)31-7-3-16(28-31)19(27)32/h1-3,7,11-12H,4-6,8-10,13H2,(H2,27,32). The van der Waals surface area contributed by atoms with Crippen LogP contribution in [0.5, 0.6) is 0 Å². The van der Waals surface area contributed by atoms with Gasteiger partial charge in [-0.05, 0) is 54.3 Å². The van der Waals surface area contributed by atoms with Gasteiger partial charge < -0.3 is 15.5 Å². The molecule has 2 aliphatic rings. The van der Waals surface area contributed by atoms with Crippen LogP contribution in [-0.2, 0) is 6.18 Å². The van der Waals surface area contributed by atoms with Crippen molar-refractivity contribution in [3.8, 4) is 0 Å². The van der Waals surface area contributed by atoms with Crippen LogP contribution in [0.1, 0.15) is 45.0 Å². The molecule has 1 spiro atoms. The summed E-state index contributed by atoms with van der Waals surface area (Å²) in [6.07, 6.45) is -0.786. The Labute approximate surface area is 202 Å². The summed E-state index contributed by atoms with van der Waals surface area (Å²) in [5, 5.41) is 4.53. The van der Waals surface area contributed by atoms with Crippen LogP contribution in [0.4, 0.5) is 18.0 Å². The van der Waals surface area contributed by atoms with Crippen molar-refractivity contribution < 1.29 is 27.6 Å². The predicted molar refractivity (Wildman–Crippen MR) is 122 cm³/mol. The lowest BCUT2D eigenvalue weighted by Gasteiger charge is -2.38. The van der Waals surface area contributed by atoms with E-state index in [0.29, 0.717) is 54.0 Å². The normalized spacial score (nSPS) is 17.9. The molecule has 2 fully saturated rings. The van der Waals surface area contributed by atoms with Crippen LogP contribution in [0.25, 0.3) is 10.1 Å². The van der Waals surface area contributed by atoms with Crippen molar-refractivity contribution in [2.75, 3.05) is 26.2 Å². The maximum Gasteiger partial charge on any atom is 0.416 e. The first-order valence-corrected chi connectivity index (χ1v) is 11.9. The number of hydrogen-bond donors (Lipinski definition) is 1. The van der Waals surface area contributed by atoms with Gasteiger partial charge in [0.15, 0.2) is 5.69 Å². The number of aromatic nitrogens is 2. The lowest BCUT2D eigenvalue weighted by Crippen LogP contribution is -2.46. The molecule has 1 aromatic carbocycles. The molecule has 0 saturated carbocycles. The second-order valence-electron chi connectivity index (χ2n) is 9.12. The summed E-state index contributed by atoms with van der Waals surface area (Å²) in [5.74, 6) is -0.880. The number of benzene rings is 1. The van der Waals surface area contributed by atoms with Crippen LogP contribution >= 0.6 is 11.3 Å². The number of halogens is 3. The van der Waals surface area contributed by atoms with E-state index in [1.807, 2.05) is 0 Å². The Hall–Kier alpha value is -3.41. The minimum atomic E-state index is -4.43. The molecule has 5 rings (SSSR count). The first kappa shape index (κ1) is 23.3. The van der Waals surface area contributed by atoms with Crippen molar-refractivity contribution >= 4 is 39.3 Å². The van der Waals surface area contributed by atoms with Crippen LogP contribution < -0.4 is 5.73 Å². The van der Waals surface area contributed by atoms with Gasteiger partial charge in [0.2, 0.25) is 0 Å². The van der Waals surface area contributed by atoms with Crippen molar-refractivity contribution in [2.24, 2.45) is 11.1 Å². The molecule has 2 aromatic heterocycles. The molecule has 8 nitrogen and oxygen atoms in total. The minimum absolute atomic E-state index is 0.0210. The van der Waals surface area contributed by atoms with Gasteiger partial charge >= 0.3 is 12.2 Å². The van der Waals surface area contributed by atoms with Crippen LogP contribution in [0, 0.1) is 5.41 Å². The molecule has 12 heteroatoms. The molecule has 0 bridgehead atoms. The third-order valence-corrected chi connectivity index (χ3v) is 8.00. The molecular weight excluding hydrogens is 483 g/mol. The Kier molecular flexibility index (Phi) is 5.58. The zero-order valence-corrected chi connectivity index (χ0v) is 19.4. The molecule has 35 heavy (non-hydrogen) atoms. The maximum absolute atomic E-state index is 13.1. The van der Waals surface area contributed by atoms with Gasteiger partial charge in [-0.3, -0.25) is 9.59 Å². The van der Waals surface area contributed by atoms with Crippen LogP contribution in [-0.4, -0.2) is 63.6 Å². The Morgan fingerprint density at radius 3 is 2.31 bits per heavy atom. The van der Waals surface area contributed by atoms with Crippen molar-refractivity contribution in [3.05, 3.63) is 52.7 Å². The number of rotatable bonds is 2. The lowest BCUT2D eigenvalue weighted by molar-refractivity contribution is -0.137. The summed E-state index contributed by atoms with van der Waals surface area (Å²) in [6, 6.07) is 6.22. The number of alkyl halides is 3. The summed E-state index contributed by atoms with van der Waals surface area (Å²) in [7, 11) is 0. The molecule has 4 heterocycles. The van der Waals surface area contributed by atoms with Gasteiger partial charge in [0, 0.05) is 37.1 Å². The Morgan fingerprint density at radius 1 is 1.00 bits per heavy atom. The van der Waals surface area contributed by atoms with Gasteiger partial charge in [-0.1, -0.05) is 6.07 Å². The molecule has 2 N–H and O–H groups in total. The highest BCUT2D eigenvalue weighted by Crippen LogP contribution is 2.42. The van der Waals surface area contributed by atoms with E-state index in [1.54, 1.807) is 15.9 Å². The van der Waals surface area contributed by atoms with Gasteiger partial charge in [-0.15, -0.1) is 11.3 Å². The van der Waals surface area contributed by atoms with Crippen molar-refractivity contribution in [3.63, 3.8) is 0 Å². The fourth-order valence-electron chi connectivity index (χ4n) is 4.86. The number of primary amides is 1. The van der Waals surface area contributed by atoms with Gasteiger partial charge in [0.1, 0.15) is 0 Å². The SMILES string of the molecule is NC(=O)c1ccn(C(=O)N2CCC3(CCN(C(=O)c4cc5ccc(C(F)(F)F)cc5s4)C3)CC2)n1. The highest BCUT2D eigenvalue weighted by atomic mass is 32.1. The molecule has 3 aromatic rings. The Morgan fingerprint density at radius 2 is 1.69 bits per heavy atom. The molecule has 0 aliphatic carbocycles. The number of carbonyl (C=O) groups is 3. The van der Waals surface area contributed by atoms with Gasteiger partial charge in [0.05, 0.1) is 10.4 Å². The number of likely N-dealkylation sites (tertiary alicyclic amines) is 2. The molecule has 2 saturated heterocycles. The molecule has 0 unspecified atom stereocenters. The number of hydrogen-bond acceptors (Lipinski definition) is 5. The van der Waals surface area contributed by atoms with E-state index in [2.05, 4.69) is 5.10 Å². The fraction of sp³-hybridized carbons (Fsp3) is 0.391.